The topological polar surface area (TPSA) is 59.0 Å². The Morgan fingerprint density at radius 1 is 1.28 bits per heavy atom. The number of fused-ring (bicyclic) bond motifs is 1. The average molecular weight is 240 g/mol. The minimum Gasteiger partial charge on any atom is -0.334 e. The summed E-state index contributed by atoms with van der Waals surface area (Å²) in [5.74, 6) is 0.0117. The largest absolute Gasteiger partial charge is 0.334 e. The number of amides is 1. The third-order valence-corrected chi connectivity index (χ3v) is 3.06. The highest BCUT2D eigenvalue weighted by atomic mass is 16.2. The Morgan fingerprint density at radius 2 is 2.22 bits per heavy atom. The van der Waals surface area contributed by atoms with Crippen LogP contribution >= 0.6 is 0 Å². The first-order valence-electron chi connectivity index (χ1n) is 5.81. The van der Waals surface area contributed by atoms with Crippen molar-refractivity contribution in [1.82, 2.24) is 19.9 Å². The smallest absolute Gasteiger partial charge is 0.255 e. The molecule has 5 heteroatoms. The summed E-state index contributed by atoms with van der Waals surface area (Å²) in [7, 11) is 0. The van der Waals surface area contributed by atoms with E-state index in [9.17, 15) is 4.79 Å². The first kappa shape index (κ1) is 10.8. The van der Waals surface area contributed by atoms with Gasteiger partial charge in [-0.25, -0.2) is 9.97 Å². The van der Waals surface area contributed by atoms with Gasteiger partial charge in [0.25, 0.3) is 5.91 Å². The maximum Gasteiger partial charge on any atom is 0.255 e. The highest BCUT2D eigenvalue weighted by Gasteiger charge is 2.22. The monoisotopic (exact) mass is 240 g/mol. The van der Waals surface area contributed by atoms with Crippen LogP contribution in [0.1, 0.15) is 21.6 Å². The van der Waals surface area contributed by atoms with Crippen molar-refractivity contribution in [1.29, 1.82) is 0 Å². The van der Waals surface area contributed by atoms with Gasteiger partial charge >= 0.3 is 0 Å². The van der Waals surface area contributed by atoms with E-state index in [2.05, 4.69) is 15.0 Å². The fourth-order valence-corrected chi connectivity index (χ4v) is 2.11. The number of hydrogen-bond donors (Lipinski definition) is 0. The van der Waals surface area contributed by atoms with Gasteiger partial charge in [-0.05, 0) is 12.1 Å². The van der Waals surface area contributed by atoms with Crippen molar-refractivity contribution in [3.05, 3.63) is 53.9 Å². The van der Waals surface area contributed by atoms with E-state index in [1.807, 2.05) is 4.90 Å². The summed E-state index contributed by atoms with van der Waals surface area (Å²) in [5.41, 5.74) is 2.69. The third kappa shape index (κ3) is 1.95. The molecule has 0 saturated heterocycles. The summed E-state index contributed by atoms with van der Waals surface area (Å²) in [5, 5.41) is 0. The molecule has 0 unspecified atom stereocenters. The summed E-state index contributed by atoms with van der Waals surface area (Å²) >= 11 is 0. The summed E-state index contributed by atoms with van der Waals surface area (Å²) < 4.78 is 0. The molecule has 5 nitrogen and oxygen atoms in total. The Bertz CT molecular complexity index is 570. The number of aromatic nitrogens is 3. The zero-order valence-electron chi connectivity index (χ0n) is 9.78. The molecule has 3 rings (SSSR count). The van der Waals surface area contributed by atoms with Gasteiger partial charge in [0.05, 0.1) is 11.3 Å². The summed E-state index contributed by atoms with van der Waals surface area (Å²) in [6.07, 6.45) is 7.38. The van der Waals surface area contributed by atoms with Crippen molar-refractivity contribution in [2.24, 2.45) is 0 Å². The van der Waals surface area contributed by atoms with Crippen LogP contribution < -0.4 is 0 Å². The van der Waals surface area contributed by atoms with Gasteiger partial charge in [-0.1, -0.05) is 0 Å². The first-order valence-corrected chi connectivity index (χ1v) is 5.81. The lowest BCUT2D eigenvalue weighted by Crippen LogP contribution is -2.36. The molecular weight excluding hydrogens is 228 g/mol. The predicted molar refractivity (Wildman–Crippen MR) is 64.7 cm³/mol. The molecule has 0 spiro atoms. The van der Waals surface area contributed by atoms with Crippen LogP contribution in [0.3, 0.4) is 0 Å². The molecule has 18 heavy (non-hydrogen) atoms. The maximum atomic E-state index is 12.3. The highest BCUT2D eigenvalue weighted by molar-refractivity contribution is 5.93. The van der Waals surface area contributed by atoms with Gasteiger partial charge in [0.15, 0.2) is 0 Å². The molecule has 0 bridgehead atoms. The lowest BCUT2D eigenvalue weighted by atomic mass is 10.1. The van der Waals surface area contributed by atoms with Crippen molar-refractivity contribution in [3.8, 4) is 0 Å². The summed E-state index contributed by atoms with van der Waals surface area (Å²) in [6.45, 7) is 1.27. The average Bonchev–Trinajstić information content (AvgIpc) is 2.47. The predicted octanol–water partition coefficient (Wildman–Crippen LogP) is 1.07. The normalized spacial score (nSPS) is 14.1. The molecule has 0 fully saturated rings. The molecule has 0 N–H and O–H groups in total. The van der Waals surface area contributed by atoms with Crippen LogP contribution in [0, 0.1) is 0 Å². The molecule has 0 aromatic carbocycles. The van der Waals surface area contributed by atoms with Crippen molar-refractivity contribution >= 4 is 5.91 Å². The zero-order valence-corrected chi connectivity index (χ0v) is 9.78. The van der Waals surface area contributed by atoms with Gasteiger partial charge in [-0.15, -0.1) is 0 Å². The second-order valence-corrected chi connectivity index (χ2v) is 4.21. The van der Waals surface area contributed by atoms with Gasteiger partial charge in [-0.3, -0.25) is 9.78 Å². The van der Waals surface area contributed by atoms with Gasteiger partial charge < -0.3 is 4.90 Å². The minimum absolute atomic E-state index is 0.0117. The molecule has 2 aromatic rings. The van der Waals surface area contributed by atoms with Gasteiger partial charge in [0.1, 0.15) is 6.33 Å². The van der Waals surface area contributed by atoms with Gasteiger partial charge in [-0.2, -0.15) is 0 Å². The van der Waals surface area contributed by atoms with Gasteiger partial charge in [0, 0.05) is 43.7 Å². The van der Waals surface area contributed by atoms with Crippen LogP contribution in [0.4, 0.5) is 0 Å². The van der Waals surface area contributed by atoms with E-state index in [4.69, 9.17) is 0 Å². The molecule has 1 aliphatic heterocycles. The molecule has 2 aromatic heterocycles. The Kier molecular flexibility index (Phi) is 2.72. The third-order valence-electron chi connectivity index (χ3n) is 3.06. The lowest BCUT2D eigenvalue weighted by Gasteiger charge is -2.27. The lowest BCUT2D eigenvalue weighted by molar-refractivity contribution is 0.0733. The number of hydrogen-bond acceptors (Lipinski definition) is 4. The summed E-state index contributed by atoms with van der Waals surface area (Å²) in [4.78, 5) is 26.3. The number of carbonyl (C=O) groups excluding carboxylic acids is 1. The van der Waals surface area contributed by atoms with E-state index in [-0.39, 0.29) is 5.91 Å². The van der Waals surface area contributed by atoms with Crippen molar-refractivity contribution < 1.29 is 4.79 Å². The van der Waals surface area contributed by atoms with Crippen molar-refractivity contribution in [2.75, 3.05) is 6.54 Å². The Hall–Kier alpha value is -2.30. The molecule has 0 atom stereocenters. The van der Waals surface area contributed by atoms with Crippen molar-refractivity contribution in [2.45, 2.75) is 13.0 Å². The van der Waals surface area contributed by atoms with Crippen LogP contribution in [0.5, 0.6) is 0 Å². The molecule has 0 radical (unpaired) electrons. The van der Waals surface area contributed by atoms with E-state index < -0.39 is 0 Å². The van der Waals surface area contributed by atoms with E-state index in [0.29, 0.717) is 18.7 Å². The number of nitrogens with zero attached hydrogens (tertiary/aromatic N) is 4. The fourth-order valence-electron chi connectivity index (χ4n) is 2.11. The second-order valence-electron chi connectivity index (χ2n) is 4.21. The van der Waals surface area contributed by atoms with Gasteiger partial charge in [0.2, 0.25) is 0 Å². The molecule has 0 saturated carbocycles. The molecule has 1 amide bonds. The van der Waals surface area contributed by atoms with E-state index in [1.54, 1.807) is 37.1 Å². The second kappa shape index (κ2) is 4.52. The first-order chi connectivity index (χ1) is 8.84. The van der Waals surface area contributed by atoms with Crippen LogP contribution in [0.15, 0.2) is 37.1 Å². The highest BCUT2D eigenvalue weighted by Crippen LogP contribution is 2.17. The van der Waals surface area contributed by atoms with Crippen molar-refractivity contribution in [3.63, 3.8) is 0 Å². The van der Waals surface area contributed by atoms with E-state index in [0.717, 1.165) is 17.7 Å². The van der Waals surface area contributed by atoms with Crippen LogP contribution in [0.25, 0.3) is 0 Å². The Balaban J connectivity index is 1.82. The zero-order chi connectivity index (χ0) is 12.4. The Morgan fingerprint density at radius 3 is 3.06 bits per heavy atom. The van der Waals surface area contributed by atoms with Crippen LogP contribution in [0.2, 0.25) is 0 Å². The minimum atomic E-state index is 0.0117. The SMILES string of the molecule is O=C(c1cccnc1)N1CCc2ncncc2C1. The maximum absolute atomic E-state index is 12.3. The number of rotatable bonds is 1. The van der Waals surface area contributed by atoms with E-state index in [1.165, 1.54) is 0 Å². The summed E-state index contributed by atoms with van der Waals surface area (Å²) in [6, 6.07) is 3.56. The molecule has 90 valence electrons. The molecule has 3 heterocycles. The molecule has 0 aliphatic carbocycles. The molecule has 1 aliphatic rings. The van der Waals surface area contributed by atoms with Crippen LogP contribution in [-0.2, 0) is 13.0 Å². The quantitative estimate of drug-likeness (QED) is 0.748. The Labute approximate surface area is 105 Å². The van der Waals surface area contributed by atoms with E-state index >= 15 is 0 Å². The number of carbonyl (C=O) groups is 1. The standard InChI is InChI=1S/C13H12N4O/c18-13(10-2-1-4-14-6-10)17-5-3-12-11(8-17)7-15-9-16-12/h1-2,4,6-7,9H,3,5,8H2. The van der Waals surface area contributed by atoms with Crippen LogP contribution in [-0.4, -0.2) is 32.3 Å². The number of pyridine rings is 1. The molecular formula is C13H12N4O. The fraction of sp³-hybridized carbons (Fsp3) is 0.231.